The first-order valence-electron chi connectivity index (χ1n) is 8.55. The van der Waals surface area contributed by atoms with E-state index >= 15 is 0 Å². The number of anilines is 1. The van der Waals surface area contributed by atoms with Crippen LogP contribution in [0.15, 0.2) is 42.5 Å². The van der Waals surface area contributed by atoms with E-state index in [4.69, 9.17) is 4.74 Å². The van der Waals surface area contributed by atoms with E-state index in [0.717, 1.165) is 17.7 Å². The van der Waals surface area contributed by atoms with Crippen LogP contribution in [0.3, 0.4) is 0 Å². The molecule has 0 aromatic heterocycles. The zero-order valence-corrected chi connectivity index (χ0v) is 15.4. The van der Waals surface area contributed by atoms with Crippen LogP contribution >= 0.6 is 0 Å². The van der Waals surface area contributed by atoms with Crippen LogP contribution in [0.1, 0.15) is 26.3 Å². The van der Waals surface area contributed by atoms with Crippen molar-refractivity contribution in [1.29, 1.82) is 0 Å². The fourth-order valence-corrected chi connectivity index (χ4v) is 2.32. The smallest absolute Gasteiger partial charge is 0.265 e. The number of nitrogens with one attached hydrogen (secondary N) is 2. The molecule has 27 heavy (non-hydrogen) atoms. The molecule has 0 aliphatic heterocycles. The van der Waals surface area contributed by atoms with E-state index < -0.39 is 23.6 Å². The van der Waals surface area contributed by atoms with Crippen molar-refractivity contribution in [3.8, 4) is 5.75 Å². The fraction of sp³-hybridized carbons (Fsp3) is 0.300. The highest BCUT2D eigenvalue weighted by atomic mass is 19.2. The molecule has 2 aromatic rings. The zero-order chi connectivity index (χ0) is 20.0. The Hall–Kier alpha value is -2.96. The van der Waals surface area contributed by atoms with E-state index in [9.17, 15) is 18.4 Å². The lowest BCUT2D eigenvalue weighted by atomic mass is 10.1. The van der Waals surface area contributed by atoms with E-state index in [1.165, 1.54) is 13.0 Å². The van der Waals surface area contributed by atoms with Gasteiger partial charge >= 0.3 is 0 Å². The molecule has 0 aliphatic rings. The summed E-state index contributed by atoms with van der Waals surface area (Å²) in [5, 5.41) is 5.48. The summed E-state index contributed by atoms with van der Waals surface area (Å²) in [4.78, 5) is 23.9. The van der Waals surface area contributed by atoms with Crippen LogP contribution in [0.25, 0.3) is 0 Å². The Labute approximate surface area is 156 Å². The number of ether oxygens (including phenoxy) is 1. The highest BCUT2D eigenvalue weighted by Gasteiger charge is 2.16. The first-order chi connectivity index (χ1) is 12.7. The molecule has 7 heteroatoms. The Kier molecular flexibility index (Phi) is 6.87. The second kappa shape index (κ2) is 9.12. The third-order valence-electron chi connectivity index (χ3n) is 3.61. The van der Waals surface area contributed by atoms with Gasteiger partial charge < -0.3 is 15.4 Å². The van der Waals surface area contributed by atoms with Crippen LogP contribution in [0.4, 0.5) is 14.5 Å². The van der Waals surface area contributed by atoms with Gasteiger partial charge in [0.2, 0.25) is 5.91 Å². The van der Waals surface area contributed by atoms with Crippen molar-refractivity contribution in [1.82, 2.24) is 5.32 Å². The minimum absolute atomic E-state index is 0.0584. The lowest BCUT2D eigenvalue weighted by Gasteiger charge is -2.15. The van der Waals surface area contributed by atoms with E-state index in [2.05, 4.69) is 10.6 Å². The van der Waals surface area contributed by atoms with Crippen LogP contribution in [0.5, 0.6) is 5.75 Å². The number of hydrogen-bond donors (Lipinski definition) is 2. The molecule has 0 radical (unpaired) electrons. The van der Waals surface area contributed by atoms with Crippen molar-refractivity contribution in [2.75, 3.05) is 5.32 Å². The van der Waals surface area contributed by atoms with Crippen molar-refractivity contribution in [2.45, 2.75) is 39.3 Å². The predicted octanol–water partition coefficient (Wildman–Crippen LogP) is 3.44. The van der Waals surface area contributed by atoms with Crippen molar-refractivity contribution in [3.63, 3.8) is 0 Å². The van der Waals surface area contributed by atoms with Gasteiger partial charge in [0.15, 0.2) is 17.7 Å². The van der Waals surface area contributed by atoms with Crippen molar-refractivity contribution in [2.24, 2.45) is 0 Å². The number of carbonyl (C=O) groups excluding carboxylic acids is 2. The lowest BCUT2D eigenvalue weighted by Crippen LogP contribution is -2.31. The molecule has 2 amide bonds. The normalized spacial score (nSPS) is 11.8. The summed E-state index contributed by atoms with van der Waals surface area (Å²) in [6.45, 7) is 5.28. The molecule has 0 fully saturated rings. The van der Waals surface area contributed by atoms with Gasteiger partial charge in [-0.05, 0) is 50.6 Å². The number of amides is 2. The molecule has 0 spiro atoms. The van der Waals surface area contributed by atoms with Crippen molar-refractivity contribution >= 4 is 17.5 Å². The van der Waals surface area contributed by atoms with Gasteiger partial charge in [-0.2, -0.15) is 0 Å². The van der Waals surface area contributed by atoms with Crippen molar-refractivity contribution < 1.29 is 23.1 Å². The highest BCUT2D eigenvalue weighted by molar-refractivity contribution is 5.94. The number of hydrogen-bond acceptors (Lipinski definition) is 3. The number of rotatable bonds is 7. The fourth-order valence-electron chi connectivity index (χ4n) is 2.32. The average Bonchev–Trinajstić information content (AvgIpc) is 2.59. The molecule has 2 N–H and O–H groups in total. The Morgan fingerprint density at radius 2 is 1.67 bits per heavy atom. The SMILES string of the molecule is CC(C)NC(=O)Cc1ccc(NC(=O)C(C)Oc2ccc(F)c(F)c2)cc1. The molecular weight excluding hydrogens is 354 g/mol. The maximum absolute atomic E-state index is 13.2. The Morgan fingerprint density at radius 3 is 2.26 bits per heavy atom. The topological polar surface area (TPSA) is 67.4 Å². The number of benzene rings is 2. The number of carbonyl (C=O) groups is 2. The average molecular weight is 376 g/mol. The van der Waals surface area contributed by atoms with Gasteiger partial charge in [0.1, 0.15) is 5.75 Å². The lowest BCUT2D eigenvalue weighted by molar-refractivity contribution is -0.122. The molecule has 0 aliphatic carbocycles. The van der Waals surface area contributed by atoms with Gasteiger partial charge in [-0.25, -0.2) is 8.78 Å². The zero-order valence-electron chi connectivity index (χ0n) is 15.4. The predicted molar refractivity (Wildman–Crippen MR) is 98.5 cm³/mol. The quantitative estimate of drug-likeness (QED) is 0.778. The standard InChI is InChI=1S/C20H22F2N2O3/c1-12(2)23-19(25)10-14-4-6-15(7-5-14)24-20(26)13(3)27-16-8-9-17(21)18(22)11-16/h4-9,11-13H,10H2,1-3H3,(H,23,25)(H,24,26). The van der Waals surface area contributed by atoms with E-state index in [-0.39, 0.29) is 24.1 Å². The second-order valence-corrected chi connectivity index (χ2v) is 6.42. The number of halogens is 2. The first-order valence-corrected chi connectivity index (χ1v) is 8.55. The molecule has 144 valence electrons. The maximum atomic E-state index is 13.2. The molecule has 0 saturated heterocycles. The van der Waals surface area contributed by atoms with Gasteiger partial charge in [-0.1, -0.05) is 12.1 Å². The third-order valence-corrected chi connectivity index (χ3v) is 3.61. The Balaban J connectivity index is 1.90. The third kappa shape index (κ3) is 6.36. The van der Waals surface area contributed by atoms with Gasteiger partial charge in [0.05, 0.1) is 6.42 Å². The molecule has 0 saturated carbocycles. The molecule has 2 aromatic carbocycles. The summed E-state index contributed by atoms with van der Waals surface area (Å²) in [5.41, 5.74) is 1.35. The molecule has 5 nitrogen and oxygen atoms in total. The summed E-state index contributed by atoms with van der Waals surface area (Å²) in [7, 11) is 0. The van der Waals surface area contributed by atoms with Gasteiger partial charge in [-0.3, -0.25) is 9.59 Å². The largest absolute Gasteiger partial charge is 0.481 e. The van der Waals surface area contributed by atoms with E-state index in [1.807, 2.05) is 13.8 Å². The van der Waals surface area contributed by atoms with Crippen LogP contribution in [-0.2, 0) is 16.0 Å². The van der Waals surface area contributed by atoms with Crippen LogP contribution < -0.4 is 15.4 Å². The molecule has 1 atom stereocenters. The minimum atomic E-state index is -1.04. The van der Waals surface area contributed by atoms with Gasteiger partial charge in [0, 0.05) is 17.8 Å². The maximum Gasteiger partial charge on any atom is 0.265 e. The molecule has 2 rings (SSSR count). The van der Waals surface area contributed by atoms with E-state index in [0.29, 0.717) is 5.69 Å². The molecular formula is C20H22F2N2O3. The van der Waals surface area contributed by atoms with E-state index in [1.54, 1.807) is 24.3 Å². The van der Waals surface area contributed by atoms with Gasteiger partial charge in [0.25, 0.3) is 5.91 Å². The summed E-state index contributed by atoms with van der Waals surface area (Å²) in [6.07, 6.45) is -0.659. The Bertz CT molecular complexity index is 807. The Morgan fingerprint density at radius 1 is 1.00 bits per heavy atom. The first kappa shape index (κ1) is 20.4. The monoisotopic (exact) mass is 376 g/mol. The summed E-state index contributed by atoms with van der Waals surface area (Å²) in [6, 6.07) is 10.00. The highest BCUT2D eigenvalue weighted by Crippen LogP contribution is 2.17. The minimum Gasteiger partial charge on any atom is -0.481 e. The summed E-state index contributed by atoms with van der Waals surface area (Å²) >= 11 is 0. The van der Waals surface area contributed by atoms with Crippen LogP contribution in [0.2, 0.25) is 0 Å². The summed E-state index contributed by atoms with van der Waals surface area (Å²) < 4.78 is 31.4. The van der Waals surface area contributed by atoms with Crippen LogP contribution in [0, 0.1) is 11.6 Å². The van der Waals surface area contributed by atoms with Crippen molar-refractivity contribution in [3.05, 3.63) is 59.7 Å². The molecule has 0 heterocycles. The summed E-state index contributed by atoms with van der Waals surface area (Å²) in [5.74, 6) is -2.48. The molecule has 0 bridgehead atoms. The molecule has 1 unspecified atom stereocenters. The van der Waals surface area contributed by atoms with Crippen LogP contribution in [-0.4, -0.2) is 24.0 Å². The second-order valence-electron chi connectivity index (χ2n) is 6.42. The van der Waals surface area contributed by atoms with Gasteiger partial charge in [-0.15, -0.1) is 0 Å².